The molecule has 1 aromatic heterocycles. The van der Waals surface area contributed by atoms with E-state index in [4.69, 9.17) is 9.47 Å². The van der Waals surface area contributed by atoms with Crippen LogP contribution in [0.2, 0.25) is 0 Å². The smallest absolute Gasteiger partial charge is 0.484 e. The van der Waals surface area contributed by atoms with Crippen molar-refractivity contribution in [2.24, 2.45) is 5.11 Å². The highest BCUT2D eigenvalue weighted by Crippen LogP contribution is 2.27. The Hall–Kier alpha value is -2.14. The van der Waals surface area contributed by atoms with E-state index in [1.54, 1.807) is 13.8 Å². The molecule has 0 bridgehead atoms. The van der Waals surface area contributed by atoms with E-state index in [1.165, 1.54) is 0 Å². The van der Waals surface area contributed by atoms with E-state index in [1.807, 2.05) is 0 Å². The Morgan fingerprint density at radius 1 is 1.37 bits per heavy atom. The number of hydrogen-bond donors (Lipinski definition) is 0. The summed E-state index contributed by atoms with van der Waals surface area (Å²) in [5.74, 6) is -1.17. The Bertz CT molecular complexity index is 488. The number of azo groups is 1. The van der Waals surface area contributed by atoms with Gasteiger partial charge in [0.05, 0.1) is 0 Å². The van der Waals surface area contributed by atoms with E-state index < -0.39 is 29.6 Å². The van der Waals surface area contributed by atoms with Crippen molar-refractivity contribution in [3.05, 3.63) is 21.5 Å². The van der Waals surface area contributed by atoms with E-state index in [-0.39, 0.29) is 10.7 Å². The molecule has 1 fully saturated rings. The molecule has 11 nitrogen and oxygen atoms in total. The average molecular weight is 273 g/mol. The number of hydrogen-bond acceptors (Lipinski definition) is 9. The standard InChI is InChI=1S/C8H11N5O6/c1-7(2)17-4-8(5-18-7,13(15)16)12(14)10-6-3-9-19-11-6/h3H,4-5H2,1-2H3. The van der Waals surface area contributed by atoms with Crippen molar-refractivity contribution < 1.29 is 23.9 Å². The minimum atomic E-state index is -2.16. The zero-order valence-electron chi connectivity index (χ0n) is 10.2. The van der Waals surface area contributed by atoms with Crippen LogP contribution in [-0.2, 0) is 9.47 Å². The first kappa shape index (κ1) is 13.3. The number of rotatable bonds is 3. The topological polar surface area (TPSA) is 139 Å². The number of hydroxylamine groups is 1. The summed E-state index contributed by atoms with van der Waals surface area (Å²) in [6.45, 7) is 2.24. The van der Waals surface area contributed by atoms with Crippen LogP contribution in [0.15, 0.2) is 15.9 Å². The Labute approximate surface area is 106 Å². The van der Waals surface area contributed by atoms with Crippen LogP contribution in [0.4, 0.5) is 5.82 Å². The SMILES string of the molecule is CC1(C)OCC([N+](=O)[O-])([N+]([O-])=Nc2cnon2)CO1. The molecule has 19 heavy (non-hydrogen) atoms. The molecular weight excluding hydrogens is 262 g/mol. The fourth-order valence-electron chi connectivity index (χ4n) is 1.34. The van der Waals surface area contributed by atoms with Crippen molar-refractivity contribution >= 4 is 5.82 Å². The summed E-state index contributed by atoms with van der Waals surface area (Å²) in [4.78, 5) is 10.2. The highest BCUT2D eigenvalue weighted by molar-refractivity contribution is 5.14. The van der Waals surface area contributed by atoms with Crippen LogP contribution in [-0.4, -0.2) is 44.8 Å². The van der Waals surface area contributed by atoms with Crippen molar-refractivity contribution in [1.82, 2.24) is 10.3 Å². The maximum absolute atomic E-state index is 11.9. The normalized spacial score (nSPS) is 22.1. The largest absolute Gasteiger partial charge is 0.594 e. The second-order valence-electron chi connectivity index (χ2n) is 4.36. The Kier molecular flexibility index (Phi) is 3.16. The molecule has 0 spiro atoms. The van der Waals surface area contributed by atoms with Gasteiger partial charge in [-0.25, -0.2) is 4.63 Å². The van der Waals surface area contributed by atoms with Gasteiger partial charge in [0.2, 0.25) is 0 Å². The molecule has 1 aliphatic heterocycles. The highest BCUT2D eigenvalue weighted by atomic mass is 16.7. The third-order valence-corrected chi connectivity index (χ3v) is 2.54. The van der Waals surface area contributed by atoms with Crippen molar-refractivity contribution in [2.75, 3.05) is 13.2 Å². The van der Waals surface area contributed by atoms with Crippen molar-refractivity contribution in [3.8, 4) is 0 Å². The van der Waals surface area contributed by atoms with Gasteiger partial charge >= 0.3 is 5.66 Å². The van der Waals surface area contributed by atoms with Gasteiger partial charge in [-0.05, 0) is 23.9 Å². The summed E-state index contributed by atoms with van der Waals surface area (Å²) in [6.07, 6.45) is 1.05. The lowest BCUT2D eigenvalue weighted by atomic mass is 10.2. The first-order chi connectivity index (χ1) is 8.86. The molecule has 2 heterocycles. The third kappa shape index (κ3) is 2.51. The minimum Gasteiger partial charge on any atom is -0.594 e. The molecule has 0 N–H and O–H groups in total. The van der Waals surface area contributed by atoms with Gasteiger partial charge in [0.15, 0.2) is 19.0 Å². The van der Waals surface area contributed by atoms with Gasteiger partial charge in [-0.3, -0.25) is 10.1 Å². The zero-order chi connectivity index (χ0) is 14.1. The van der Waals surface area contributed by atoms with Gasteiger partial charge in [0, 0.05) is 5.11 Å². The van der Waals surface area contributed by atoms with E-state index in [0.29, 0.717) is 0 Å². The van der Waals surface area contributed by atoms with Crippen LogP contribution in [0.1, 0.15) is 13.8 Å². The van der Waals surface area contributed by atoms with Gasteiger partial charge < -0.3 is 14.7 Å². The van der Waals surface area contributed by atoms with E-state index >= 15 is 0 Å². The first-order valence-electron chi connectivity index (χ1n) is 5.25. The Morgan fingerprint density at radius 2 is 2.00 bits per heavy atom. The molecule has 11 heteroatoms. The lowest BCUT2D eigenvalue weighted by Gasteiger charge is -2.34. The summed E-state index contributed by atoms with van der Waals surface area (Å²) in [5, 5.41) is 32.9. The van der Waals surface area contributed by atoms with Gasteiger partial charge in [-0.15, -0.1) is 0 Å². The van der Waals surface area contributed by atoms with Crippen LogP contribution in [0.5, 0.6) is 0 Å². The molecule has 1 saturated heterocycles. The Balaban J connectivity index is 2.28. The van der Waals surface area contributed by atoms with Crippen LogP contribution in [0, 0.1) is 15.3 Å². The molecule has 0 radical (unpaired) electrons. The van der Waals surface area contributed by atoms with Crippen molar-refractivity contribution in [1.29, 1.82) is 0 Å². The zero-order valence-corrected chi connectivity index (χ0v) is 10.2. The lowest BCUT2D eigenvalue weighted by molar-refractivity contribution is -0.825. The molecule has 1 aromatic rings. The molecule has 0 aromatic carbocycles. The molecule has 2 rings (SSSR count). The van der Waals surface area contributed by atoms with Gasteiger partial charge in [-0.2, -0.15) is 0 Å². The minimum absolute atomic E-state index is 0.109. The van der Waals surface area contributed by atoms with Gasteiger partial charge in [0.25, 0.3) is 5.82 Å². The maximum Gasteiger partial charge on any atom is 0.484 e. The number of ether oxygens (including phenoxy) is 2. The Morgan fingerprint density at radius 3 is 2.47 bits per heavy atom. The number of nitrogens with zero attached hydrogens (tertiary/aromatic N) is 5. The molecule has 0 aliphatic carbocycles. The summed E-state index contributed by atoms with van der Waals surface area (Å²) < 4.78 is 14.6. The van der Waals surface area contributed by atoms with Crippen LogP contribution in [0.3, 0.4) is 0 Å². The van der Waals surface area contributed by atoms with E-state index in [2.05, 4.69) is 20.1 Å². The molecule has 0 saturated carbocycles. The first-order valence-corrected chi connectivity index (χ1v) is 5.25. The van der Waals surface area contributed by atoms with Crippen molar-refractivity contribution in [2.45, 2.75) is 25.3 Å². The summed E-state index contributed by atoms with van der Waals surface area (Å²) in [7, 11) is 0. The molecule has 0 amide bonds. The number of nitro groups is 1. The lowest BCUT2D eigenvalue weighted by Crippen LogP contribution is -2.60. The van der Waals surface area contributed by atoms with Crippen LogP contribution in [0.25, 0.3) is 0 Å². The predicted octanol–water partition coefficient (Wildman–Crippen LogP) is 0.419. The van der Waals surface area contributed by atoms with Crippen molar-refractivity contribution in [3.63, 3.8) is 0 Å². The predicted molar refractivity (Wildman–Crippen MR) is 55.7 cm³/mol. The van der Waals surface area contributed by atoms with E-state index in [0.717, 1.165) is 6.20 Å². The quantitative estimate of drug-likeness (QED) is 0.254. The third-order valence-electron chi connectivity index (χ3n) is 2.54. The molecule has 1 aliphatic rings. The second-order valence-corrected chi connectivity index (χ2v) is 4.36. The maximum atomic E-state index is 11.9. The summed E-state index contributed by atoms with van der Waals surface area (Å²) in [5.41, 5.74) is -2.16. The molecule has 104 valence electrons. The molecule has 0 atom stereocenters. The van der Waals surface area contributed by atoms with Crippen LogP contribution >= 0.6 is 0 Å². The highest BCUT2D eigenvalue weighted by Gasteiger charge is 2.60. The van der Waals surface area contributed by atoms with Gasteiger partial charge in [0.1, 0.15) is 11.1 Å². The number of aromatic nitrogens is 2. The average Bonchev–Trinajstić information content (AvgIpc) is 2.81. The van der Waals surface area contributed by atoms with Crippen LogP contribution < -0.4 is 0 Å². The molecular formula is C8H11N5O6. The summed E-state index contributed by atoms with van der Waals surface area (Å²) >= 11 is 0. The molecule has 0 unspecified atom stereocenters. The fraction of sp³-hybridized carbons (Fsp3) is 0.750. The monoisotopic (exact) mass is 273 g/mol. The van der Waals surface area contributed by atoms with E-state index in [9.17, 15) is 15.3 Å². The summed E-state index contributed by atoms with van der Waals surface area (Å²) in [6, 6.07) is 0. The second kappa shape index (κ2) is 4.51. The van der Waals surface area contributed by atoms with Gasteiger partial charge in [-0.1, -0.05) is 5.16 Å². The fourth-order valence-corrected chi connectivity index (χ4v) is 1.34.